The van der Waals surface area contributed by atoms with Gasteiger partial charge in [-0.25, -0.2) is 4.79 Å². The number of nitriles is 1. The molecule has 0 radical (unpaired) electrons. The van der Waals surface area contributed by atoms with E-state index in [0.717, 1.165) is 0 Å². The lowest BCUT2D eigenvalue weighted by Crippen LogP contribution is -2.03. The van der Waals surface area contributed by atoms with Crippen molar-refractivity contribution in [3.63, 3.8) is 0 Å². The van der Waals surface area contributed by atoms with E-state index in [0.29, 0.717) is 27.7 Å². The van der Waals surface area contributed by atoms with Crippen LogP contribution in [0.3, 0.4) is 0 Å². The molecule has 1 heterocycles. The highest BCUT2D eigenvalue weighted by Crippen LogP contribution is 2.24. The molecule has 1 N–H and O–H groups in total. The van der Waals surface area contributed by atoms with E-state index in [1.54, 1.807) is 36.4 Å². The molecule has 0 aliphatic heterocycles. The molecule has 4 heteroatoms. The molecule has 0 aliphatic rings. The maximum Gasteiger partial charge on any atom is 0.344 e. The predicted octanol–water partition coefficient (Wildman–Crippen LogP) is 3.04. The zero-order valence-corrected chi connectivity index (χ0v) is 10.3. The largest absolute Gasteiger partial charge is 0.508 e. The van der Waals surface area contributed by atoms with Gasteiger partial charge in [0.15, 0.2) is 5.58 Å². The number of hydrogen-bond acceptors (Lipinski definition) is 4. The number of hydrogen-bond donors (Lipinski definition) is 1. The van der Waals surface area contributed by atoms with Crippen molar-refractivity contribution < 1.29 is 9.52 Å². The molecule has 3 aromatic rings. The minimum atomic E-state index is -0.508. The molecule has 4 nitrogen and oxygen atoms in total. The van der Waals surface area contributed by atoms with Crippen molar-refractivity contribution in [3.8, 4) is 22.9 Å². The van der Waals surface area contributed by atoms with E-state index in [4.69, 9.17) is 9.68 Å². The van der Waals surface area contributed by atoms with Gasteiger partial charge in [-0.05, 0) is 29.8 Å². The van der Waals surface area contributed by atoms with Crippen LogP contribution in [-0.4, -0.2) is 5.11 Å². The van der Waals surface area contributed by atoms with E-state index < -0.39 is 5.63 Å². The Balaban J connectivity index is 2.29. The molecule has 0 saturated heterocycles. The molecular weight excluding hydrogens is 254 g/mol. The molecule has 20 heavy (non-hydrogen) atoms. The summed E-state index contributed by atoms with van der Waals surface area (Å²) in [6, 6.07) is 15.1. The van der Waals surface area contributed by atoms with Gasteiger partial charge in [-0.1, -0.05) is 24.3 Å². The Hall–Kier alpha value is -3.06. The number of phenolic OH excluding ortho intramolecular Hbond substituents is 1. The first-order chi connectivity index (χ1) is 9.69. The SMILES string of the molecule is N#Cc1cccc2cc(-c3ccc(O)cc3)c(=O)oc12. The highest BCUT2D eigenvalue weighted by Gasteiger charge is 2.10. The summed E-state index contributed by atoms with van der Waals surface area (Å²) >= 11 is 0. The monoisotopic (exact) mass is 263 g/mol. The molecule has 0 spiro atoms. The number of phenols is 1. The van der Waals surface area contributed by atoms with Crippen molar-refractivity contribution in [2.24, 2.45) is 0 Å². The summed E-state index contributed by atoms with van der Waals surface area (Å²) in [5, 5.41) is 19.0. The number of para-hydroxylation sites is 1. The molecule has 0 bridgehead atoms. The van der Waals surface area contributed by atoms with Crippen LogP contribution in [0.15, 0.2) is 57.7 Å². The molecule has 0 atom stereocenters. The van der Waals surface area contributed by atoms with Crippen LogP contribution in [0.1, 0.15) is 5.56 Å². The highest BCUT2D eigenvalue weighted by atomic mass is 16.4. The van der Waals surface area contributed by atoms with E-state index in [1.165, 1.54) is 12.1 Å². The predicted molar refractivity (Wildman–Crippen MR) is 74.3 cm³/mol. The smallest absolute Gasteiger partial charge is 0.344 e. The summed E-state index contributed by atoms with van der Waals surface area (Å²) in [4.78, 5) is 12.0. The maximum absolute atomic E-state index is 12.0. The third-order valence-corrected chi connectivity index (χ3v) is 3.06. The summed E-state index contributed by atoms with van der Waals surface area (Å²) in [5.41, 5.74) is 1.17. The Bertz CT molecular complexity index is 886. The van der Waals surface area contributed by atoms with E-state index in [1.807, 2.05) is 6.07 Å². The highest BCUT2D eigenvalue weighted by molar-refractivity contribution is 5.85. The van der Waals surface area contributed by atoms with Gasteiger partial charge in [0, 0.05) is 5.39 Å². The standard InChI is InChI=1S/C16H9NO3/c17-9-12-3-1-2-11-8-14(16(19)20-15(11)12)10-4-6-13(18)7-5-10/h1-8,18H. The van der Waals surface area contributed by atoms with Gasteiger partial charge in [-0.2, -0.15) is 5.26 Å². The average Bonchev–Trinajstić information content (AvgIpc) is 2.47. The van der Waals surface area contributed by atoms with Gasteiger partial charge in [-0.15, -0.1) is 0 Å². The van der Waals surface area contributed by atoms with Crippen molar-refractivity contribution in [1.82, 2.24) is 0 Å². The number of nitrogens with zero attached hydrogens (tertiary/aromatic N) is 1. The molecule has 3 rings (SSSR count). The van der Waals surface area contributed by atoms with Gasteiger partial charge in [-0.3, -0.25) is 0 Å². The van der Waals surface area contributed by atoms with Gasteiger partial charge >= 0.3 is 5.63 Å². The van der Waals surface area contributed by atoms with Crippen LogP contribution in [0, 0.1) is 11.3 Å². The Kier molecular flexibility index (Phi) is 2.73. The summed E-state index contributed by atoms with van der Waals surface area (Å²) in [5.74, 6) is 0.130. The molecule has 0 saturated carbocycles. The first-order valence-corrected chi connectivity index (χ1v) is 5.95. The van der Waals surface area contributed by atoms with Crippen LogP contribution in [-0.2, 0) is 0 Å². The van der Waals surface area contributed by atoms with Crippen LogP contribution >= 0.6 is 0 Å². The summed E-state index contributed by atoms with van der Waals surface area (Å²) < 4.78 is 5.26. The Morgan fingerprint density at radius 2 is 1.85 bits per heavy atom. The van der Waals surface area contributed by atoms with Crippen molar-refractivity contribution in [3.05, 3.63) is 64.5 Å². The summed E-state index contributed by atoms with van der Waals surface area (Å²) in [7, 11) is 0. The van der Waals surface area contributed by atoms with Crippen molar-refractivity contribution >= 4 is 11.0 Å². The van der Waals surface area contributed by atoms with Gasteiger partial charge < -0.3 is 9.52 Å². The Morgan fingerprint density at radius 3 is 2.55 bits per heavy atom. The third-order valence-electron chi connectivity index (χ3n) is 3.06. The molecule has 0 unspecified atom stereocenters. The zero-order valence-electron chi connectivity index (χ0n) is 10.3. The van der Waals surface area contributed by atoms with Crippen molar-refractivity contribution in [1.29, 1.82) is 5.26 Å². The molecule has 1 aromatic heterocycles. The number of rotatable bonds is 1. The van der Waals surface area contributed by atoms with Gasteiger partial charge in [0.25, 0.3) is 0 Å². The van der Waals surface area contributed by atoms with Crippen LogP contribution in [0.4, 0.5) is 0 Å². The quantitative estimate of drug-likeness (QED) is 0.685. The number of benzene rings is 2. The molecule has 96 valence electrons. The van der Waals surface area contributed by atoms with Crippen LogP contribution in [0.5, 0.6) is 5.75 Å². The first-order valence-electron chi connectivity index (χ1n) is 5.95. The number of fused-ring (bicyclic) bond motifs is 1. The number of aromatic hydroxyl groups is 1. The molecule has 2 aromatic carbocycles. The van der Waals surface area contributed by atoms with Crippen LogP contribution < -0.4 is 5.63 Å². The second kappa shape index (κ2) is 4.56. The third kappa shape index (κ3) is 1.91. The molecule has 0 amide bonds. The van der Waals surface area contributed by atoms with Gasteiger partial charge in [0.1, 0.15) is 11.8 Å². The van der Waals surface area contributed by atoms with Crippen LogP contribution in [0.25, 0.3) is 22.1 Å². The molecular formula is C16H9NO3. The van der Waals surface area contributed by atoms with Crippen molar-refractivity contribution in [2.45, 2.75) is 0 Å². The molecule has 0 fully saturated rings. The fourth-order valence-corrected chi connectivity index (χ4v) is 2.07. The second-order valence-electron chi connectivity index (χ2n) is 4.33. The Labute approximate surface area is 114 Å². The van der Waals surface area contributed by atoms with Gasteiger partial charge in [0.05, 0.1) is 11.1 Å². The van der Waals surface area contributed by atoms with E-state index in [-0.39, 0.29) is 5.75 Å². The lowest BCUT2D eigenvalue weighted by Gasteiger charge is -2.03. The topological polar surface area (TPSA) is 74.2 Å². The first kappa shape index (κ1) is 12.0. The maximum atomic E-state index is 12.0. The van der Waals surface area contributed by atoms with E-state index in [2.05, 4.69) is 0 Å². The average molecular weight is 263 g/mol. The van der Waals surface area contributed by atoms with E-state index in [9.17, 15) is 9.90 Å². The van der Waals surface area contributed by atoms with E-state index >= 15 is 0 Å². The Morgan fingerprint density at radius 1 is 1.10 bits per heavy atom. The fourth-order valence-electron chi connectivity index (χ4n) is 2.07. The second-order valence-corrected chi connectivity index (χ2v) is 4.33. The van der Waals surface area contributed by atoms with Crippen molar-refractivity contribution in [2.75, 3.05) is 0 Å². The summed E-state index contributed by atoms with van der Waals surface area (Å²) in [6.07, 6.45) is 0. The lowest BCUT2D eigenvalue weighted by molar-refractivity contribution is 0.475. The van der Waals surface area contributed by atoms with Crippen LogP contribution in [0.2, 0.25) is 0 Å². The minimum absolute atomic E-state index is 0.130. The zero-order chi connectivity index (χ0) is 14.1. The molecule has 0 aliphatic carbocycles. The minimum Gasteiger partial charge on any atom is -0.508 e. The van der Waals surface area contributed by atoms with Gasteiger partial charge in [0.2, 0.25) is 0 Å². The summed E-state index contributed by atoms with van der Waals surface area (Å²) in [6.45, 7) is 0. The lowest BCUT2D eigenvalue weighted by atomic mass is 10.0. The normalized spacial score (nSPS) is 10.3. The fraction of sp³-hybridized carbons (Fsp3) is 0.